The lowest BCUT2D eigenvalue weighted by Gasteiger charge is -2.15. The van der Waals surface area contributed by atoms with E-state index in [-0.39, 0.29) is 0 Å². The van der Waals surface area contributed by atoms with Gasteiger partial charge in [-0.25, -0.2) is 0 Å². The molecule has 1 aromatic carbocycles. The van der Waals surface area contributed by atoms with E-state index < -0.39 is 0 Å². The van der Waals surface area contributed by atoms with E-state index in [1.165, 1.54) is 5.56 Å². The first-order valence-electron chi connectivity index (χ1n) is 3.43. The summed E-state index contributed by atoms with van der Waals surface area (Å²) in [5.74, 6) is 0.966. The van der Waals surface area contributed by atoms with Crippen LogP contribution in [0.3, 0.4) is 0 Å². The molecule has 0 spiro atoms. The minimum absolute atomic E-state index is 0.810. The summed E-state index contributed by atoms with van der Waals surface area (Å²) in [6.07, 6.45) is 3.21. The molecule has 0 saturated heterocycles. The Balaban J connectivity index is 2.41. The van der Waals surface area contributed by atoms with Crippen LogP contribution in [0, 0.1) is 12.5 Å². The van der Waals surface area contributed by atoms with E-state index >= 15 is 0 Å². The largest absolute Gasteiger partial charge is 0.493 e. The molecule has 1 heterocycles. The van der Waals surface area contributed by atoms with Gasteiger partial charge in [-0.3, -0.25) is 0 Å². The van der Waals surface area contributed by atoms with Crippen LogP contribution in [-0.4, -0.2) is 6.61 Å². The molecule has 0 N–H and O–H groups in total. The van der Waals surface area contributed by atoms with Gasteiger partial charge >= 0.3 is 0 Å². The lowest BCUT2D eigenvalue weighted by atomic mass is 10.1. The van der Waals surface area contributed by atoms with Crippen LogP contribution in [0.5, 0.6) is 5.75 Å². The highest BCUT2D eigenvalue weighted by atomic mass is 16.5. The maximum atomic E-state index is 5.36. The first-order valence-corrected chi connectivity index (χ1v) is 3.43. The Kier molecular flexibility index (Phi) is 1.35. The van der Waals surface area contributed by atoms with E-state index in [1.807, 2.05) is 18.2 Å². The zero-order valence-corrected chi connectivity index (χ0v) is 5.63. The molecule has 1 aromatic rings. The van der Waals surface area contributed by atoms with E-state index in [1.54, 1.807) is 0 Å². The third-order valence-corrected chi connectivity index (χ3v) is 1.60. The first kappa shape index (κ1) is 5.78. The summed E-state index contributed by atoms with van der Waals surface area (Å²) in [6.45, 7) is 0.810. The molecule has 2 rings (SSSR count). The molecule has 1 aliphatic heterocycles. The topological polar surface area (TPSA) is 9.23 Å². The summed E-state index contributed by atoms with van der Waals surface area (Å²) in [6, 6.07) is 8.78. The molecule has 0 amide bonds. The van der Waals surface area contributed by atoms with Crippen molar-refractivity contribution in [3.63, 3.8) is 0 Å². The third-order valence-electron chi connectivity index (χ3n) is 1.60. The van der Waals surface area contributed by atoms with E-state index in [4.69, 9.17) is 4.74 Å². The van der Waals surface area contributed by atoms with Crippen LogP contribution in [0.4, 0.5) is 0 Å². The van der Waals surface area contributed by atoms with E-state index in [0.29, 0.717) is 0 Å². The first-order chi connectivity index (χ1) is 4.97. The standard InChI is InChI=1S/C9H8O/c1-2-6-9-8(4-1)5-3-7-10-9/h1,4-6H,3,7H2. The smallest absolute Gasteiger partial charge is 0.123 e. The predicted octanol–water partition coefficient (Wildman–Crippen LogP) is 1.82. The molecule has 0 atom stereocenters. The Bertz CT molecular complexity index is 205. The molecule has 1 heteroatoms. The second-order valence-electron chi connectivity index (χ2n) is 2.31. The number of hydrogen-bond acceptors (Lipinski definition) is 1. The maximum absolute atomic E-state index is 5.36. The van der Waals surface area contributed by atoms with Crippen molar-refractivity contribution < 1.29 is 4.74 Å². The molecule has 0 aromatic heterocycles. The molecule has 10 heavy (non-hydrogen) atoms. The van der Waals surface area contributed by atoms with Gasteiger partial charge in [0, 0.05) is 0 Å². The van der Waals surface area contributed by atoms with Gasteiger partial charge in [0.1, 0.15) is 5.75 Å². The molecule has 0 aliphatic carbocycles. The van der Waals surface area contributed by atoms with Gasteiger partial charge in [0.2, 0.25) is 0 Å². The highest BCUT2D eigenvalue weighted by Gasteiger charge is 2.07. The highest BCUT2D eigenvalue weighted by Crippen LogP contribution is 2.24. The van der Waals surface area contributed by atoms with Gasteiger partial charge in [-0.05, 0) is 30.5 Å². The van der Waals surface area contributed by atoms with Crippen molar-refractivity contribution in [3.8, 4) is 5.75 Å². The zero-order chi connectivity index (χ0) is 6.81. The van der Waals surface area contributed by atoms with Gasteiger partial charge in [0.05, 0.1) is 6.61 Å². The molecular weight excluding hydrogens is 124 g/mol. The number of ether oxygens (including phenoxy) is 1. The molecule has 0 unspecified atom stereocenters. The van der Waals surface area contributed by atoms with Crippen LogP contribution in [0.2, 0.25) is 0 Å². The van der Waals surface area contributed by atoms with Gasteiger partial charge in [0.25, 0.3) is 0 Å². The molecule has 0 saturated carbocycles. The Hall–Kier alpha value is -0.980. The Morgan fingerprint density at radius 2 is 2.50 bits per heavy atom. The predicted molar refractivity (Wildman–Crippen MR) is 38.8 cm³/mol. The van der Waals surface area contributed by atoms with Gasteiger partial charge in [-0.15, -0.1) is 0 Å². The van der Waals surface area contributed by atoms with Crippen LogP contribution >= 0.6 is 0 Å². The van der Waals surface area contributed by atoms with Crippen LogP contribution < -0.4 is 4.74 Å². The Labute approximate surface area is 60.6 Å². The second-order valence-corrected chi connectivity index (χ2v) is 2.31. The summed E-state index contributed by atoms with van der Waals surface area (Å²) in [5, 5.41) is 0. The summed E-state index contributed by atoms with van der Waals surface area (Å²) in [7, 11) is 0. The third kappa shape index (κ3) is 0.878. The molecule has 50 valence electrons. The molecule has 0 bridgehead atoms. The van der Waals surface area contributed by atoms with Crippen molar-refractivity contribution in [2.75, 3.05) is 6.61 Å². The zero-order valence-electron chi connectivity index (χ0n) is 5.63. The molecule has 0 fully saturated rings. The second kappa shape index (κ2) is 2.33. The van der Waals surface area contributed by atoms with Crippen molar-refractivity contribution in [1.82, 2.24) is 0 Å². The Morgan fingerprint density at radius 1 is 1.50 bits per heavy atom. The van der Waals surface area contributed by atoms with Crippen LogP contribution in [-0.2, 0) is 0 Å². The van der Waals surface area contributed by atoms with Gasteiger partial charge < -0.3 is 4.74 Å². The molecule has 1 aliphatic rings. The average Bonchev–Trinajstić information content (AvgIpc) is 2.05. The number of hydrogen-bond donors (Lipinski definition) is 0. The van der Waals surface area contributed by atoms with Crippen molar-refractivity contribution in [1.29, 1.82) is 0 Å². The van der Waals surface area contributed by atoms with Crippen molar-refractivity contribution in [2.45, 2.75) is 6.42 Å². The highest BCUT2D eigenvalue weighted by molar-refractivity contribution is 5.39. The van der Waals surface area contributed by atoms with Gasteiger partial charge in [-0.2, -0.15) is 0 Å². The molecule has 1 nitrogen and oxygen atoms in total. The maximum Gasteiger partial charge on any atom is 0.123 e. The van der Waals surface area contributed by atoms with Crippen molar-refractivity contribution in [2.24, 2.45) is 0 Å². The van der Waals surface area contributed by atoms with Gasteiger partial charge in [0.15, 0.2) is 0 Å². The SMILES string of the molecule is [c]1ccc2c(c1)OCC[CH]2. The minimum atomic E-state index is 0.810. The number of rotatable bonds is 0. The van der Waals surface area contributed by atoms with Crippen LogP contribution in [0.15, 0.2) is 18.2 Å². The van der Waals surface area contributed by atoms with E-state index in [0.717, 1.165) is 18.8 Å². The summed E-state index contributed by atoms with van der Waals surface area (Å²) in [5.41, 5.74) is 1.20. The fourth-order valence-electron chi connectivity index (χ4n) is 1.10. The molecular formula is C9H8O. The fraction of sp³-hybridized carbons (Fsp3) is 0.222. The summed E-state index contributed by atoms with van der Waals surface area (Å²) in [4.78, 5) is 0. The van der Waals surface area contributed by atoms with E-state index in [9.17, 15) is 0 Å². The van der Waals surface area contributed by atoms with Crippen molar-refractivity contribution >= 4 is 0 Å². The minimum Gasteiger partial charge on any atom is -0.493 e. The average molecular weight is 132 g/mol. The van der Waals surface area contributed by atoms with Crippen molar-refractivity contribution in [3.05, 3.63) is 36.2 Å². The van der Waals surface area contributed by atoms with Crippen LogP contribution in [0.1, 0.15) is 12.0 Å². The lowest BCUT2D eigenvalue weighted by Crippen LogP contribution is -2.05. The lowest BCUT2D eigenvalue weighted by molar-refractivity contribution is 0.306. The Morgan fingerprint density at radius 3 is 3.40 bits per heavy atom. The monoisotopic (exact) mass is 132 g/mol. The summed E-state index contributed by atoms with van der Waals surface area (Å²) >= 11 is 0. The van der Waals surface area contributed by atoms with Gasteiger partial charge in [-0.1, -0.05) is 12.1 Å². The van der Waals surface area contributed by atoms with Crippen LogP contribution in [0.25, 0.3) is 0 Å². The summed E-state index contributed by atoms with van der Waals surface area (Å²) < 4.78 is 5.36. The number of fused-ring (bicyclic) bond motifs is 1. The quantitative estimate of drug-likeness (QED) is 0.523. The number of benzene rings is 1. The normalized spacial score (nSPS) is 15.6. The van der Waals surface area contributed by atoms with E-state index in [2.05, 4.69) is 12.5 Å². The fourth-order valence-corrected chi connectivity index (χ4v) is 1.10. The molecule has 2 radical (unpaired) electrons.